The van der Waals surface area contributed by atoms with Crippen LogP contribution in [0, 0.1) is 13.8 Å². The topological polar surface area (TPSA) is 45.5 Å². The largest absolute Gasteiger partial charge is 0.392 e. The van der Waals surface area contributed by atoms with E-state index in [1.54, 1.807) is 0 Å². The van der Waals surface area contributed by atoms with Crippen LogP contribution in [0.1, 0.15) is 47.9 Å². The Labute approximate surface area is 121 Å². The number of ketones is 1. The lowest BCUT2D eigenvalue weighted by Gasteiger charge is -2.29. The highest BCUT2D eigenvalue weighted by Gasteiger charge is 2.22. The van der Waals surface area contributed by atoms with Crippen molar-refractivity contribution in [2.75, 3.05) is 19.6 Å². The van der Waals surface area contributed by atoms with E-state index in [1.807, 2.05) is 13.0 Å². The summed E-state index contributed by atoms with van der Waals surface area (Å²) in [6.07, 6.45) is 2.63. The van der Waals surface area contributed by atoms with E-state index in [0.29, 0.717) is 13.1 Å². The lowest BCUT2D eigenvalue weighted by atomic mass is 10.1. The molecule has 1 N–H and O–H groups in total. The molecule has 0 radical (unpaired) electrons. The van der Waals surface area contributed by atoms with Crippen LogP contribution in [-0.2, 0) is 6.54 Å². The van der Waals surface area contributed by atoms with Crippen molar-refractivity contribution in [2.45, 2.75) is 52.7 Å². The summed E-state index contributed by atoms with van der Waals surface area (Å²) < 4.78 is 2.22. The summed E-state index contributed by atoms with van der Waals surface area (Å²) in [5, 5.41) is 9.68. The monoisotopic (exact) mass is 278 g/mol. The number of rotatable bonds is 5. The zero-order valence-corrected chi connectivity index (χ0v) is 12.9. The minimum atomic E-state index is -0.274. The maximum absolute atomic E-state index is 12.5. The fourth-order valence-electron chi connectivity index (χ4n) is 3.11. The summed E-state index contributed by atoms with van der Waals surface area (Å²) in [7, 11) is 0. The van der Waals surface area contributed by atoms with E-state index in [9.17, 15) is 9.90 Å². The number of hydrogen-bond donors (Lipinski definition) is 1. The van der Waals surface area contributed by atoms with Gasteiger partial charge in [0.1, 0.15) is 0 Å². The van der Waals surface area contributed by atoms with E-state index in [1.165, 1.54) is 0 Å². The third-order valence-electron chi connectivity index (χ3n) is 4.17. The standard InChI is InChI=1S/C16H26N2O2/c1-4-7-18-12(2)9-15(13(18)3)16(20)11-17-8-5-6-14(19)10-17/h9,14,19H,4-8,10-11H2,1-3H3. The highest BCUT2D eigenvalue weighted by Crippen LogP contribution is 2.18. The third-order valence-corrected chi connectivity index (χ3v) is 4.17. The summed E-state index contributed by atoms with van der Waals surface area (Å²) in [5.41, 5.74) is 3.08. The molecule has 1 aliphatic heterocycles. The molecule has 1 aromatic heterocycles. The molecule has 0 aromatic carbocycles. The second-order valence-corrected chi connectivity index (χ2v) is 5.89. The van der Waals surface area contributed by atoms with Gasteiger partial charge >= 0.3 is 0 Å². The van der Waals surface area contributed by atoms with Crippen LogP contribution in [0.3, 0.4) is 0 Å². The minimum absolute atomic E-state index is 0.176. The van der Waals surface area contributed by atoms with Crippen LogP contribution in [0.25, 0.3) is 0 Å². The normalized spacial score (nSPS) is 20.3. The molecular weight excluding hydrogens is 252 g/mol. The number of aliphatic hydroxyl groups excluding tert-OH is 1. The number of carbonyl (C=O) groups excluding carboxylic acids is 1. The third kappa shape index (κ3) is 3.30. The Morgan fingerprint density at radius 2 is 2.20 bits per heavy atom. The molecule has 4 nitrogen and oxygen atoms in total. The second kappa shape index (κ2) is 6.55. The molecular formula is C16H26N2O2. The van der Waals surface area contributed by atoms with Crippen molar-refractivity contribution in [3.05, 3.63) is 23.0 Å². The van der Waals surface area contributed by atoms with Gasteiger partial charge in [-0.1, -0.05) is 6.92 Å². The van der Waals surface area contributed by atoms with E-state index in [0.717, 1.165) is 49.3 Å². The van der Waals surface area contributed by atoms with Gasteiger partial charge in [-0.2, -0.15) is 0 Å². The highest BCUT2D eigenvalue weighted by atomic mass is 16.3. The van der Waals surface area contributed by atoms with Gasteiger partial charge in [0.25, 0.3) is 0 Å². The van der Waals surface area contributed by atoms with Gasteiger partial charge in [0.05, 0.1) is 12.6 Å². The van der Waals surface area contributed by atoms with Crippen LogP contribution >= 0.6 is 0 Å². The van der Waals surface area contributed by atoms with Gasteiger partial charge in [-0.25, -0.2) is 0 Å². The van der Waals surface area contributed by atoms with Crippen molar-refractivity contribution in [2.24, 2.45) is 0 Å². The Morgan fingerprint density at radius 3 is 2.85 bits per heavy atom. The number of aryl methyl sites for hydroxylation is 1. The summed E-state index contributed by atoms with van der Waals surface area (Å²) >= 11 is 0. The second-order valence-electron chi connectivity index (χ2n) is 5.89. The Kier molecular flexibility index (Phi) is 5.00. The Balaban J connectivity index is 2.07. The number of likely N-dealkylation sites (tertiary alicyclic amines) is 1. The maximum Gasteiger partial charge on any atom is 0.178 e. The fraction of sp³-hybridized carbons (Fsp3) is 0.688. The summed E-state index contributed by atoms with van der Waals surface area (Å²) in [6.45, 7) is 9.16. The van der Waals surface area contributed by atoms with Gasteiger partial charge in [-0.15, -0.1) is 0 Å². The van der Waals surface area contributed by atoms with Crippen LogP contribution in [0.4, 0.5) is 0 Å². The Hall–Kier alpha value is -1.13. The van der Waals surface area contributed by atoms with E-state index in [4.69, 9.17) is 0 Å². The molecule has 1 aromatic rings. The van der Waals surface area contributed by atoms with Crippen molar-refractivity contribution < 1.29 is 9.90 Å². The number of Topliss-reactive ketones (excluding diaryl/α,β-unsaturated/α-hetero) is 1. The summed E-state index contributed by atoms with van der Waals surface area (Å²) in [6, 6.07) is 2.01. The maximum atomic E-state index is 12.5. The molecule has 1 unspecified atom stereocenters. The molecule has 0 saturated carbocycles. The molecule has 1 fully saturated rings. The molecule has 1 saturated heterocycles. The van der Waals surface area contributed by atoms with Gasteiger partial charge in [-0.3, -0.25) is 9.69 Å². The van der Waals surface area contributed by atoms with Crippen LogP contribution in [0.15, 0.2) is 6.07 Å². The highest BCUT2D eigenvalue weighted by molar-refractivity contribution is 5.99. The first-order valence-corrected chi connectivity index (χ1v) is 7.63. The molecule has 0 amide bonds. The first-order valence-electron chi connectivity index (χ1n) is 7.63. The average Bonchev–Trinajstić information content (AvgIpc) is 2.67. The molecule has 2 rings (SSSR count). The van der Waals surface area contributed by atoms with E-state index in [-0.39, 0.29) is 11.9 Å². The van der Waals surface area contributed by atoms with Crippen LogP contribution in [0.5, 0.6) is 0 Å². The van der Waals surface area contributed by atoms with Crippen molar-refractivity contribution in [3.8, 4) is 0 Å². The van der Waals surface area contributed by atoms with E-state index >= 15 is 0 Å². The van der Waals surface area contributed by atoms with Gasteiger partial charge in [-0.05, 0) is 45.7 Å². The number of nitrogens with zero attached hydrogens (tertiary/aromatic N) is 2. The summed E-state index contributed by atoms with van der Waals surface area (Å²) in [5.74, 6) is 0.176. The van der Waals surface area contributed by atoms with Crippen molar-refractivity contribution in [1.29, 1.82) is 0 Å². The number of aromatic nitrogens is 1. The van der Waals surface area contributed by atoms with Crippen LogP contribution in [0.2, 0.25) is 0 Å². The zero-order chi connectivity index (χ0) is 14.7. The predicted molar refractivity (Wildman–Crippen MR) is 80.2 cm³/mol. The first kappa shape index (κ1) is 15.3. The van der Waals surface area contributed by atoms with E-state index in [2.05, 4.69) is 23.3 Å². The van der Waals surface area contributed by atoms with Gasteiger partial charge in [0.15, 0.2) is 5.78 Å². The van der Waals surface area contributed by atoms with Gasteiger partial charge in [0.2, 0.25) is 0 Å². The fourth-order valence-corrected chi connectivity index (χ4v) is 3.11. The zero-order valence-electron chi connectivity index (χ0n) is 12.9. The SMILES string of the molecule is CCCn1c(C)cc(C(=O)CN2CCCC(O)C2)c1C. The van der Waals surface area contributed by atoms with Gasteiger partial charge in [0, 0.05) is 30.0 Å². The molecule has 0 spiro atoms. The number of piperidine rings is 1. The molecule has 20 heavy (non-hydrogen) atoms. The molecule has 1 aliphatic rings. The Bertz CT molecular complexity index is 479. The molecule has 2 heterocycles. The summed E-state index contributed by atoms with van der Waals surface area (Å²) in [4.78, 5) is 14.5. The quantitative estimate of drug-likeness (QED) is 0.840. The van der Waals surface area contributed by atoms with E-state index < -0.39 is 0 Å². The van der Waals surface area contributed by atoms with Gasteiger partial charge < -0.3 is 9.67 Å². The lowest BCUT2D eigenvalue weighted by Crippen LogP contribution is -2.41. The minimum Gasteiger partial charge on any atom is -0.392 e. The number of hydrogen-bond acceptors (Lipinski definition) is 3. The molecule has 0 aliphatic carbocycles. The lowest BCUT2D eigenvalue weighted by molar-refractivity contribution is 0.0634. The number of aliphatic hydroxyl groups is 1. The number of carbonyl (C=O) groups is 1. The van der Waals surface area contributed by atoms with Crippen LogP contribution < -0.4 is 0 Å². The molecule has 4 heteroatoms. The average molecular weight is 278 g/mol. The molecule has 0 bridgehead atoms. The van der Waals surface area contributed by atoms with Crippen molar-refractivity contribution in [1.82, 2.24) is 9.47 Å². The molecule has 1 atom stereocenters. The first-order chi connectivity index (χ1) is 9.52. The smallest absolute Gasteiger partial charge is 0.178 e. The van der Waals surface area contributed by atoms with Crippen molar-refractivity contribution in [3.63, 3.8) is 0 Å². The predicted octanol–water partition coefficient (Wildman–Crippen LogP) is 2.15. The van der Waals surface area contributed by atoms with Crippen molar-refractivity contribution >= 4 is 5.78 Å². The Morgan fingerprint density at radius 1 is 1.45 bits per heavy atom. The number of β-amino-alcohol motifs (C(OH)–C–C–N with tert-alkyl or cyclic N) is 1. The molecule has 112 valence electrons. The van der Waals surface area contributed by atoms with Crippen LogP contribution in [-0.4, -0.2) is 46.1 Å².